The van der Waals surface area contributed by atoms with Crippen LogP contribution in [-0.4, -0.2) is 33.3 Å². The Hall–Kier alpha value is -2.51. The van der Waals surface area contributed by atoms with E-state index in [1.165, 1.54) is 6.07 Å². The standard InChI is InChI=1S/C21H25NO5S/c1-14-6-8-20(17(4)11-14)28(25,26)22-10-9-21(24)27-13-19(23)18-12-15(2)5-7-16(18)3/h5-8,11-12,22H,9-10,13H2,1-4H3. The fourth-order valence-electron chi connectivity index (χ4n) is 2.80. The van der Waals surface area contributed by atoms with Crippen LogP contribution in [0, 0.1) is 27.7 Å². The molecule has 0 aliphatic carbocycles. The second-order valence-corrected chi connectivity index (χ2v) is 8.55. The lowest BCUT2D eigenvalue weighted by molar-refractivity contribution is -0.142. The van der Waals surface area contributed by atoms with Crippen LogP contribution in [0.15, 0.2) is 41.3 Å². The van der Waals surface area contributed by atoms with Gasteiger partial charge in [-0.15, -0.1) is 0 Å². The van der Waals surface area contributed by atoms with Crippen molar-refractivity contribution in [3.05, 3.63) is 64.2 Å². The van der Waals surface area contributed by atoms with Crippen LogP contribution < -0.4 is 4.72 Å². The van der Waals surface area contributed by atoms with Crippen LogP contribution in [-0.2, 0) is 19.6 Å². The highest BCUT2D eigenvalue weighted by Crippen LogP contribution is 2.16. The number of esters is 1. The van der Waals surface area contributed by atoms with E-state index in [9.17, 15) is 18.0 Å². The van der Waals surface area contributed by atoms with Crippen LogP contribution in [0.2, 0.25) is 0 Å². The quantitative estimate of drug-likeness (QED) is 0.541. The molecular weight excluding hydrogens is 378 g/mol. The first-order chi connectivity index (χ1) is 13.1. The minimum Gasteiger partial charge on any atom is -0.457 e. The molecule has 0 amide bonds. The van der Waals surface area contributed by atoms with E-state index in [1.807, 2.05) is 32.9 Å². The van der Waals surface area contributed by atoms with Crippen LogP contribution in [0.4, 0.5) is 0 Å². The second kappa shape index (κ2) is 9.12. The summed E-state index contributed by atoms with van der Waals surface area (Å²) < 4.78 is 32.1. The molecule has 0 spiro atoms. The molecule has 7 heteroatoms. The molecule has 1 N–H and O–H groups in total. The van der Waals surface area contributed by atoms with E-state index in [2.05, 4.69) is 4.72 Å². The van der Waals surface area contributed by atoms with Gasteiger partial charge in [0.15, 0.2) is 6.61 Å². The number of hydrogen-bond acceptors (Lipinski definition) is 5. The predicted octanol–water partition coefficient (Wildman–Crippen LogP) is 3.01. The zero-order chi connectivity index (χ0) is 20.9. The van der Waals surface area contributed by atoms with E-state index in [-0.39, 0.29) is 30.3 Å². The van der Waals surface area contributed by atoms with Gasteiger partial charge >= 0.3 is 5.97 Å². The molecule has 2 rings (SSSR count). The summed E-state index contributed by atoms with van der Waals surface area (Å²) in [6.07, 6.45) is -0.162. The molecule has 0 bridgehead atoms. The van der Waals surface area contributed by atoms with Gasteiger partial charge in [-0.1, -0.05) is 35.4 Å². The maximum absolute atomic E-state index is 12.3. The number of Topliss-reactive ketones (excluding diaryl/α,β-unsaturated/α-hetero) is 1. The molecule has 0 heterocycles. The van der Waals surface area contributed by atoms with Crippen molar-refractivity contribution in [2.24, 2.45) is 0 Å². The third-order valence-electron chi connectivity index (χ3n) is 4.30. The highest BCUT2D eigenvalue weighted by atomic mass is 32.2. The molecule has 6 nitrogen and oxygen atoms in total. The van der Waals surface area contributed by atoms with Gasteiger partial charge < -0.3 is 4.74 Å². The molecule has 0 aromatic heterocycles. The van der Waals surface area contributed by atoms with Gasteiger partial charge in [-0.3, -0.25) is 9.59 Å². The Labute approximate surface area is 166 Å². The van der Waals surface area contributed by atoms with Gasteiger partial charge in [-0.2, -0.15) is 0 Å². The van der Waals surface area contributed by atoms with Gasteiger partial charge in [0.2, 0.25) is 15.8 Å². The fourth-order valence-corrected chi connectivity index (χ4v) is 4.05. The molecule has 2 aromatic carbocycles. The van der Waals surface area contributed by atoms with E-state index >= 15 is 0 Å². The number of carbonyl (C=O) groups is 2. The topological polar surface area (TPSA) is 89.5 Å². The fraction of sp³-hybridized carbons (Fsp3) is 0.333. The lowest BCUT2D eigenvalue weighted by Gasteiger charge is -2.10. The first-order valence-electron chi connectivity index (χ1n) is 8.93. The van der Waals surface area contributed by atoms with Gasteiger partial charge in [-0.25, -0.2) is 13.1 Å². The molecule has 0 fully saturated rings. The van der Waals surface area contributed by atoms with Crippen LogP contribution in [0.25, 0.3) is 0 Å². The van der Waals surface area contributed by atoms with Crippen molar-refractivity contribution in [1.82, 2.24) is 4.72 Å². The summed E-state index contributed by atoms with van der Waals surface area (Å²) in [5, 5.41) is 0. The Morgan fingerprint density at radius 3 is 2.25 bits per heavy atom. The Balaban J connectivity index is 1.85. The van der Waals surface area contributed by atoms with E-state index in [1.54, 1.807) is 25.1 Å². The van der Waals surface area contributed by atoms with E-state index in [0.29, 0.717) is 11.1 Å². The molecule has 0 atom stereocenters. The smallest absolute Gasteiger partial charge is 0.307 e. The first-order valence-corrected chi connectivity index (χ1v) is 10.4. The van der Waals surface area contributed by atoms with Crippen LogP contribution in [0.5, 0.6) is 0 Å². The summed E-state index contributed by atoms with van der Waals surface area (Å²) in [6.45, 7) is 6.82. The molecule has 2 aromatic rings. The Morgan fingerprint density at radius 2 is 1.57 bits per heavy atom. The van der Waals surface area contributed by atoms with Crippen LogP contribution in [0.3, 0.4) is 0 Å². The molecule has 0 radical (unpaired) electrons. The average molecular weight is 404 g/mol. The summed E-state index contributed by atoms with van der Waals surface area (Å²) in [5.41, 5.74) is 3.88. The van der Waals surface area contributed by atoms with Crippen molar-refractivity contribution in [2.45, 2.75) is 39.0 Å². The average Bonchev–Trinajstić information content (AvgIpc) is 2.61. The van der Waals surface area contributed by atoms with Gasteiger partial charge in [0.1, 0.15) is 0 Å². The van der Waals surface area contributed by atoms with Crippen molar-refractivity contribution in [3.63, 3.8) is 0 Å². The number of sulfonamides is 1. The molecule has 0 saturated heterocycles. The molecule has 0 aliphatic rings. The van der Waals surface area contributed by atoms with Gasteiger partial charge in [0, 0.05) is 12.1 Å². The highest BCUT2D eigenvalue weighted by Gasteiger charge is 2.17. The summed E-state index contributed by atoms with van der Waals surface area (Å²) in [5.74, 6) is -0.924. The van der Waals surface area contributed by atoms with Gasteiger partial charge in [0.05, 0.1) is 11.3 Å². The number of rotatable bonds is 8. The highest BCUT2D eigenvalue weighted by molar-refractivity contribution is 7.89. The number of aryl methyl sites for hydroxylation is 4. The Morgan fingerprint density at radius 1 is 0.929 bits per heavy atom. The third-order valence-corrected chi connectivity index (χ3v) is 5.92. The van der Waals surface area contributed by atoms with Crippen molar-refractivity contribution in [1.29, 1.82) is 0 Å². The summed E-state index contributed by atoms with van der Waals surface area (Å²) in [6, 6.07) is 10.5. The molecule has 150 valence electrons. The van der Waals surface area contributed by atoms with Gasteiger partial charge in [0.25, 0.3) is 0 Å². The SMILES string of the molecule is Cc1ccc(S(=O)(=O)NCCC(=O)OCC(=O)c2cc(C)ccc2C)c(C)c1. The number of ether oxygens (including phenoxy) is 1. The maximum atomic E-state index is 12.3. The summed E-state index contributed by atoms with van der Waals surface area (Å²) in [4.78, 5) is 24.2. The number of carbonyl (C=O) groups excluding carboxylic acids is 2. The van der Waals surface area contributed by atoms with E-state index in [4.69, 9.17) is 4.74 Å². The minimum absolute atomic E-state index is 0.105. The molecule has 0 saturated carbocycles. The predicted molar refractivity (Wildman–Crippen MR) is 107 cm³/mol. The largest absolute Gasteiger partial charge is 0.457 e. The maximum Gasteiger partial charge on any atom is 0.307 e. The Kier molecular flexibility index (Phi) is 7.10. The third kappa shape index (κ3) is 5.74. The normalized spacial score (nSPS) is 11.3. The van der Waals surface area contributed by atoms with Crippen LogP contribution >= 0.6 is 0 Å². The lowest BCUT2D eigenvalue weighted by Crippen LogP contribution is -2.27. The molecular formula is C21H25NO5S. The van der Waals surface area contributed by atoms with Crippen molar-refractivity contribution < 1.29 is 22.7 Å². The van der Waals surface area contributed by atoms with E-state index < -0.39 is 16.0 Å². The van der Waals surface area contributed by atoms with Crippen LogP contribution in [0.1, 0.15) is 39.0 Å². The molecule has 0 unspecified atom stereocenters. The molecule has 28 heavy (non-hydrogen) atoms. The zero-order valence-electron chi connectivity index (χ0n) is 16.5. The lowest BCUT2D eigenvalue weighted by atomic mass is 10.0. The van der Waals surface area contributed by atoms with Crippen molar-refractivity contribution in [3.8, 4) is 0 Å². The number of benzene rings is 2. The van der Waals surface area contributed by atoms with E-state index in [0.717, 1.165) is 16.7 Å². The molecule has 0 aliphatic heterocycles. The number of hydrogen-bond donors (Lipinski definition) is 1. The first kappa shape index (κ1) is 21.8. The second-order valence-electron chi connectivity index (χ2n) is 6.82. The summed E-state index contributed by atoms with van der Waals surface area (Å²) >= 11 is 0. The van der Waals surface area contributed by atoms with Crippen molar-refractivity contribution >= 4 is 21.8 Å². The van der Waals surface area contributed by atoms with Gasteiger partial charge in [-0.05, 0) is 51.0 Å². The monoisotopic (exact) mass is 403 g/mol. The minimum atomic E-state index is -3.71. The number of nitrogens with one attached hydrogen (secondary N) is 1. The van der Waals surface area contributed by atoms with Crippen molar-refractivity contribution in [2.75, 3.05) is 13.2 Å². The zero-order valence-corrected chi connectivity index (χ0v) is 17.4. The summed E-state index contributed by atoms with van der Waals surface area (Å²) in [7, 11) is -3.71. The Bertz CT molecular complexity index is 996. The number of ketones is 1.